The van der Waals surface area contributed by atoms with Gasteiger partial charge in [-0.05, 0) is 52.3 Å². The van der Waals surface area contributed by atoms with Crippen molar-refractivity contribution in [3.05, 3.63) is 53.4 Å². The van der Waals surface area contributed by atoms with Crippen molar-refractivity contribution >= 4 is 34.6 Å². The van der Waals surface area contributed by atoms with Crippen LogP contribution in [-0.2, 0) is 14.3 Å². The number of nitrogens with zero attached hydrogens (tertiary/aromatic N) is 4. The number of oxazole rings is 1. The Balaban J connectivity index is 1.51. The highest BCUT2D eigenvalue weighted by atomic mass is 32.1. The van der Waals surface area contributed by atoms with E-state index in [0.29, 0.717) is 39.0 Å². The van der Waals surface area contributed by atoms with E-state index in [1.54, 1.807) is 14.0 Å². The van der Waals surface area contributed by atoms with E-state index in [4.69, 9.17) is 13.9 Å². The van der Waals surface area contributed by atoms with Gasteiger partial charge in [0.1, 0.15) is 28.7 Å². The van der Waals surface area contributed by atoms with Crippen molar-refractivity contribution in [3.63, 3.8) is 0 Å². The number of aromatic nitrogens is 1. The molecule has 2 amide bonds. The number of hydrogen-bond acceptors (Lipinski definition) is 10. The van der Waals surface area contributed by atoms with Crippen molar-refractivity contribution in [1.82, 2.24) is 14.8 Å². The summed E-state index contributed by atoms with van der Waals surface area (Å²) in [6.45, 7) is 6.90. The van der Waals surface area contributed by atoms with Crippen molar-refractivity contribution in [1.29, 1.82) is 0 Å². The van der Waals surface area contributed by atoms with Gasteiger partial charge in [-0.3, -0.25) is 14.5 Å². The number of aliphatic carboxylic acids is 1. The smallest absolute Gasteiger partial charge is 0.329 e. The summed E-state index contributed by atoms with van der Waals surface area (Å²) in [6, 6.07) is 7.73. The number of likely N-dealkylation sites (N-methyl/N-ethyl adjacent to an activating group) is 1. The highest BCUT2D eigenvalue weighted by Crippen LogP contribution is 2.51. The van der Waals surface area contributed by atoms with Gasteiger partial charge in [0.05, 0.1) is 29.9 Å². The van der Waals surface area contributed by atoms with Gasteiger partial charge in [0, 0.05) is 37.7 Å². The van der Waals surface area contributed by atoms with E-state index in [9.17, 15) is 19.5 Å². The van der Waals surface area contributed by atoms with Crippen molar-refractivity contribution in [2.45, 2.75) is 51.4 Å². The topological polar surface area (TPSA) is 126 Å². The molecule has 5 rings (SSSR count). The lowest BCUT2D eigenvalue weighted by Crippen LogP contribution is -2.62. The third-order valence-corrected chi connectivity index (χ3v) is 9.97. The maximum Gasteiger partial charge on any atom is 0.329 e. The van der Waals surface area contributed by atoms with Gasteiger partial charge in [0.25, 0.3) is 5.91 Å². The van der Waals surface area contributed by atoms with Gasteiger partial charge in [-0.2, -0.15) is 0 Å². The number of rotatable bonds is 12. The molecule has 1 spiro atoms. The first kappa shape index (κ1) is 30.7. The van der Waals surface area contributed by atoms with E-state index in [1.807, 2.05) is 36.2 Å². The third-order valence-electron chi connectivity index (χ3n) is 8.58. The van der Waals surface area contributed by atoms with Crippen molar-refractivity contribution in [3.8, 4) is 16.5 Å². The minimum atomic E-state index is -1.77. The molecule has 3 heterocycles. The first-order valence-electron chi connectivity index (χ1n) is 14.1. The van der Waals surface area contributed by atoms with Gasteiger partial charge in [0.2, 0.25) is 12.3 Å². The lowest BCUT2D eigenvalue weighted by Gasteiger charge is -2.58. The first-order valence-corrected chi connectivity index (χ1v) is 15.0. The number of carbonyl (C=O) groups excluding carboxylic acids is 2. The average molecular weight is 611 g/mol. The molecule has 2 fully saturated rings. The number of benzene rings is 1. The van der Waals surface area contributed by atoms with Gasteiger partial charge < -0.3 is 28.8 Å². The lowest BCUT2D eigenvalue weighted by molar-refractivity contribution is -0.163. The second-order valence-electron chi connectivity index (χ2n) is 12.2. The van der Waals surface area contributed by atoms with Crippen LogP contribution in [0.2, 0.25) is 0 Å². The molecule has 12 heteroatoms. The SMILES string of the molecule is COc1ccccc1C(CN(C)c1sc(-c2ncco2)c(C)c1C(=O)N(C=O)C(C)(C)C(=O)O)OC1CC2(C1)CN(C)C2. The number of imide groups is 1. The Hall–Kier alpha value is -3.74. The molecule has 1 N–H and O–H groups in total. The number of thiophene rings is 1. The highest BCUT2D eigenvalue weighted by molar-refractivity contribution is 7.20. The first-order chi connectivity index (χ1) is 20.4. The molecule has 1 unspecified atom stereocenters. The van der Waals surface area contributed by atoms with Gasteiger partial charge in [-0.25, -0.2) is 9.78 Å². The molecule has 1 aromatic carbocycles. The Bertz CT molecular complexity index is 1490. The molecule has 230 valence electrons. The van der Waals surface area contributed by atoms with E-state index < -0.39 is 23.5 Å². The second kappa shape index (κ2) is 11.7. The van der Waals surface area contributed by atoms with Crippen LogP contribution in [0, 0.1) is 12.3 Å². The molecule has 1 saturated heterocycles. The van der Waals surface area contributed by atoms with Crippen molar-refractivity contribution in [2.24, 2.45) is 5.41 Å². The maximum atomic E-state index is 14.0. The van der Waals surface area contributed by atoms with Crippen LogP contribution in [0.4, 0.5) is 5.00 Å². The van der Waals surface area contributed by atoms with E-state index in [2.05, 4.69) is 16.9 Å². The van der Waals surface area contributed by atoms with Crippen LogP contribution in [0.5, 0.6) is 5.75 Å². The summed E-state index contributed by atoms with van der Waals surface area (Å²) in [5.41, 5.74) is 0.198. The lowest BCUT2D eigenvalue weighted by atomic mass is 9.62. The molecule has 0 radical (unpaired) electrons. The average Bonchev–Trinajstić information content (AvgIpc) is 3.58. The number of ether oxygens (including phenoxy) is 2. The minimum Gasteiger partial charge on any atom is -0.496 e. The predicted octanol–water partition coefficient (Wildman–Crippen LogP) is 4.47. The number of carboxylic acids is 1. The van der Waals surface area contributed by atoms with Gasteiger partial charge in [0.15, 0.2) is 0 Å². The highest BCUT2D eigenvalue weighted by Gasteiger charge is 2.52. The van der Waals surface area contributed by atoms with Crippen LogP contribution in [0.25, 0.3) is 10.8 Å². The molecule has 11 nitrogen and oxygen atoms in total. The molecule has 1 aliphatic carbocycles. The number of likely N-dealkylation sites (tertiary alicyclic amines) is 1. The zero-order valence-corrected chi connectivity index (χ0v) is 26.1. The molecule has 0 bridgehead atoms. The van der Waals surface area contributed by atoms with Crippen LogP contribution in [0.15, 0.2) is 41.1 Å². The van der Waals surface area contributed by atoms with E-state index in [-0.39, 0.29) is 18.1 Å². The quantitative estimate of drug-likeness (QED) is 0.294. The largest absolute Gasteiger partial charge is 0.496 e. The van der Waals surface area contributed by atoms with Crippen LogP contribution >= 0.6 is 11.3 Å². The zero-order valence-electron chi connectivity index (χ0n) is 25.3. The van der Waals surface area contributed by atoms with Gasteiger partial charge >= 0.3 is 5.97 Å². The third kappa shape index (κ3) is 5.66. The zero-order chi connectivity index (χ0) is 31.1. The monoisotopic (exact) mass is 610 g/mol. The fourth-order valence-corrected chi connectivity index (χ4v) is 7.50. The standard InChI is InChI=1S/C31H38N4O7S/c1-19-24(27(37)35(18-36)30(2,3)29(38)39)28(43-25(19)26-32-11-12-41-26)34(5)15-23(21-9-7-8-10-22(21)40-6)42-20-13-31(14-20)16-33(4)17-31/h7-12,18,20,23H,13-17H2,1-6H3,(H,38,39). The molecule has 3 aromatic rings. The fraction of sp³-hybridized carbons (Fsp3) is 0.484. The summed E-state index contributed by atoms with van der Waals surface area (Å²) in [5.74, 6) is -0.994. The molecule has 1 atom stereocenters. The Morgan fingerprint density at radius 3 is 2.58 bits per heavy atom. The van der Waals surface area contributed by atoms with Gasteiger partial charge in [-0.1, -0.05) is 18.2 Å². The molecule has 1 saturated carbocycles. The van der Waals surface area contributed by atoms with Crippen LogP contribution in [0.1, 0.15) is 54.3 Å². The van der Waals surface area contributed by atoms with Crippen molar-refractivity contribution in [2.75, 3.05) is 45.7 Å². The number of amides is 2. The Kier molecular flexibility index (Phi) is 8.39. The second-order valence-corrected chi connectivity index (χ2v) is 13.2. The summed E-state index contributed by atoms with van der Waals surface area (Å²) < 4.78 is 18.0. The van der Waals surface area contributed by atoms with E-state index >= 15 is 0 Å². The van der Waals surface area contributed by atoms with E-state index in [1.165, 1.54) is 37.6 Å². The van der Waals surface area contributed by atoms with Crippen molar-refractivity contribution < 1.29 is 33.4 Å². The Labute approximate surface area is 255 Å². The number of anilines is 1. The summed E-state index contributed by atoms with van der Waals surface area (Å²) in [4.78, 5) is 48.0. The summed E-state index contributed by atoms with van der Waals surface area (Å²) in [5, 5.41) is 10.3. The Morgan fingerprint density at radius 1 is 1.30 bits per heavy atom. The summed E-state index contributed by atoms with van der Waals surface area (Å²) >= 11 is 1.29. The summed E-state index contributed by atoms with van der Waals surface area (Å²) in [6.07, 6.45) is 4.90. The maximum absolute atomic E-state index is 14.0. The predicted molar refractivity (Wildman–Crippen MR) is 162 cm³/mol. The van der Waals surface area contributed by atoms with E-state index in [0.717, 1.165) is 36.4 Å². The Morgan fingerprint density at radius 2 is 2.00 bits per heavy atom. The number of para-hydroxylation sites is 1. The minimum absolute atomic E-state index is 0.0907. The number of methoxy groups -OCH3 is 1. The molecule has 2 aliphatic rings. The number of carbonyl (C=O) groups is 3. The van der Waals surface area contributed by atoms with Crippen LogP contribution < -0.4 is 9.64 Å². The molecule has 43 heavy (non-hydrogen) atoms. The molecule has 2 aromatic heterocycles. The van der Waals surface area contributed by atoms with Crippen LogP contribution in [0.3, 0.4) is 0 Å². The molecular weight excluding hydrogens is 572 g/mol. The fourth-order valence-electron chi connectivity index (χ4n) is 6.29. The van der Waals surface area contributed by atoms with Crippen LogP contribution in [-0.4, -0.2) is 90.7 Å². The van der Waals surface area contributed by atoms with Gasteiger partial charge in [-0.15, -0.1) is 11.3 Å². The summed E-state index contributed by atoms with van der Waals surface area (Å²) in [7, 11) is 5.61. The number of hydrogen-bond donors (Lipinski definition) is 1. The molecular formula is C31H38N4O7S. The molecule has 1 aliphatic heterocycles. The normalized spacial score (nSPS) is 17.2. The number of carboxylic acid groups (broad SMARTS) is 1.